The number of hydrogen-bond acceptors (Lipinski definition) is 2. The van der Waals surface area contributed by atoms with Crippen LogP contribution in [0.15, 0.2) is 16.6 Å². The van der Waals surface area contributed by atoms with Crippen LogP contribution in [0, 0.1) is 0 Å². The summed E-state index contributed by atoms with van der Waals surface area (Å²) in [6, 6.07) is 3.28. The summed E-state index contributed by atoms with van der Waals surface area (Å²) in [7, 11) is 3.06. The van der Waals surface area contributed by atoms with Gasteiger partial charge in [0.05, 0.1) is 18.7 Å². The van der Waals surface area contributed by atoms with Crippen LogP contribution >= 0.6 is 15.9 Å². The van der Waals surface area contributed by atoms with Gasteiger partial charge in [0.1, 0.15) is 6.67 Å². The van der Waals surface area contributed by atoms with Gasteiger partial charge in [0.2, 0.25) is 0 Å². The molecule has 4 heteroatoms. The predicted octanol–water partition coefficient (Wildman–Crippen LogP) is 2.94. The van der Waals surface area contributed by atoms with Crippen LogP contribution in [0.3, 0.4) is 0 Å². The van der Waals surface area contributed by atoms with E-state index in [4.69, 9.17) is 9.47 Å². The molecule has 72 valence electrons. The van der Waals surface area contributed by atoms with Crippen molar-refractivity contribution in [1.82, 2.24) is 0 Å². The first-order valence-electron chi connectivity index (χ1n) is 3.69. The van der Waals surface area contributed by atoms with Crippen molar-refractivity contribution < 1.29 is 13.9 Å². The second kappa shape index (κ2) is 4.46. The normalized spacial score (nSPS) is 9.85. The number of halogens is 2. The van der Waals surface area contributed by atoms with Crippen LogP contribution in [0.5, 0.6) is 11.5 Å². The first kappa shape index (κ1) is 10.3. The van der Waals surface area contributed by atoms with Gasteiger partial charge in [-0.3, -0.25) is 0 Å². The molecule has 0 spiro atoms. The van der Waals surface area contributed by atoms with Crippen molar-refractivity contribution in [2.75, 3.05) is 14.2 Å². The molecule has 1 rings (SSSR count). The Morgan fingerprint density at radius 1 is 1.31 bits per heavy atom. The van der Waals surface area contributed by atoms with E-state index >= 15 is 0 Å². The van der Waals surface area contributed by atoms with Gasteiger partial charge in [0.25, 0.3) is 0 Å². The van der Waals surface area contributed by atoms with Crippen LogP contribution in [-0.2, 0) is 6.67 Å². The number of rotatable bonds is 3. The molecule has 0 aliphatic rings. The summed E-state index contributed by atoms with van der Waals surface area (Å²) in [5.74, 6) is 1.12. The van der Waals surface area contributed by atoms with Crippen molar-refractivity contribution in [3.63, 3.8) is 0 Å². The SMILES string of the molecule is COc1cc(CF)cc(Br)c1OC. The van der Waals surface area contributed by atoms with Crippen LogP contribution in [0.25, 0.3) is 0 Å². The molecule has 0 aliphatic heterocycles. The maximum Gasteiger partial charge on any atom is 0.174 e. The Bertz CT molecular complexity index is 302. The summed E-state index contributed by atoms with van der Waals surface area (Å²) < 4.78 is 23.1. The van der Waals surface area contributed by atoms with E-state index in [0.29, 0.717) is 21.5 Å². The monoisotopic (exact) mass is 248 g/mol. The molecular formula is C9H10BrFO2. The Hall–Kier alpha value is -0.770. The van der Waals surface area contributed by atoms with Gasteiger partial charge in [-0.05, 0) is 33.6 Å². The van der Waals surface area contributed by atoms with Gasteiger partial charge < -0.3 is 9.47 Å². The van der Waals surface area contributed by atoms with E-state index in [-0.39, 0.29) is 0 Å². The third kappa shape index (κ3) is 2.12. The molecule has 0 aromatic heterocycles. The molecule has 0 radical (unpaired) electrons. The fourth-order valence-electron chi connectivity index (χ4n) is 1.05. The highest BCUT2D eigenvalue weighted by Crippen LogP contribution is 2.36. The minimum absolute atomic E-state index is 0.515. The summed E-state index contributed by atoms with van der Waals surface area (Å²) in [4.78, 5) is 0. The summed E-state index contributed by atoms with van der Waals surface area (Å²) in [5, 5.41) is 0. The molecule has 0 saturated heterocycles. The van der Waals surface area contributed by atoms with Crippen molar-refractivity contribution in [3.05, 3.63) is 22.2 Å². The molecule has 0 unspecified atom stereocenters. The highest BCUT2D eigenvalue weighted by molar-refractivity contribution is 9.10. The first-order valence-corrected chi connectivity index (χ1v) is 4.48. The summed E-state index contributed by atoms with van der Waals surface area (Å²) in [5.41, 5.74) is 0.560. The molecule has 0 heterocycles. The third-order valence-corrected chi connectivity index (χ3v) is 2.24. The molecule has 13 heavy (non-hydrogen) atoms. The summed E-state index contributed by atoms with van der Waals surface area (Å²) >= 11 is 3.27. The second-order valence-corrected chi connectivity index (χ2v) is 3.30. The van der Waals surface area contributed by atoms with E-state index in [0.717, 1.165) is 0 Å². The molecule has 1 aromatic carbocycles. The van der Waals surface area contributed by atoms with E-state index in [1.807, 2.05) is 0 Å². The summed E-state index contributed by atoms with van der Waals surface area (Å²) in [6.45, 7) is -0.515. The molecular weight excluding hydrogens is 239 g/mol. The predicted molar refractivity (Wildman–Crippen MR) is 52.1 cm³/mol. The molecule has 0 saturated carbocycles. The van der Waals surface area contributed by atoms with E-state index in [9.17, 15) is 4.39 Å². The number of methoxy groups -OCH3 is 2. The fraction of sp³-hybridized carbons (Fsp3) is 0.333. The highest BCUT2D eigenvalue weighted by Gasteiger charge is 2.09. The van der Waals surface area contributed by atoms with Gasteiger partial charge in [-0.1, -0.05) is 0 Å². The van der Waals surface area contributed by atoms with Gasteiger partial charge in [0, 0.05) is 0 Å². The lowest BCUT2D eigenvalue weighted by atomic mass is 10.2. The molecule has 0 aliphatic carbocycles. The van der Waals surface area contributed by atoms with Crippen molar-refractivity contribution >= 4 is 15.9 Å². The number of benzene rings is 1. The van der Waals surface area contributed by atoms with E-state index in [1.54, 1.807) is 12.1 Å². The third-order valence-electron chi connectivity index (χ3n) is 1.65. The zero-order valence-electron chi connectivity index (χ0n) is 7.43. The van der Waals surface area contributed by atoms with Crippen molar-refractivity contribution in [2.45, 2.75) is 6.67 Å². The van der Waals surface area contributed by atoms with Crippen molar-refractivity contribution in [2.24, 2.45) is 0 Å². The Kier molecular flexibility index (Phi) is 3.54. The Morgan fingerprint density at radius 3 is 2.46 bits per heavy atom. The van der Waals surface area contributed by atoms with Gasteiger partial charge >= 0.3 is 0 Å². The molecule has 2 nitrogen and oxygen atoms in total. The lowest BCUT2D eigenvalue weighted by molar-refractivity contribution is 0.351. The smallest absolute Gasteiger partial charge is 0.174 e. The number of alkyl halides is 1. The minimum atomic E-state index is -0.515. The van der Waals surface area contributed by atoms with Crippen molar-refractivity contribution in [1.29, 1.82) is 0 Å². The lowest BCUT2D eigenvalue weighted by Crippen LogP contribution is -1.93. The van der Waals surface area contributed by atoms with E-state index in [2.05, 4.69) is 15.9 Å². The molecule has 0 N–H and O–H groups in total. The maximum absolute atomic E-state index is 12.3. The Morgan fingerprint density at radius 2 is 2.00 bits per heavy atom. The molecule has 0 bridgehead atoms. The second-order valence-electron chi connectivity index (χ2n) is 2.45. The highest BCUT2D eigenvalue weighted by atomic mass is 79.9. The maximum atomic E-state index is 12.3. The number of ether oxygens (including phenoxy) is 2. The van der Waals surface area contributed by atoms with Gasteiger partial charge in [-0.2, -0.15) is 0 Å². The molecule has 1 aromatic rings. The summed E-state index contributed by atoms with van der Waals surface area (Å²) in [6.07, 6.45) is 0. The minimum Gasteiger partial charge on any atom is -0.493 e. The zero-order chi connectivity index (χ0) is 9.84. The van der Waals surface area contributed by atoms with E-state index in [1.165, 1.54) is 14.2 Å². The molecule has 0 amide bonds. The topological polar surface area (TPSA) is 18.5 Å². The number of hydrogen-bond donors (Lipinski definition) is 0. The molecule has 0 fully saturated rings. The average Bonchev–Trinajstić information content (AvgIpc) is 2.16. The standard InChI is InChI=1S/C9H10BrFO2/c1-12-8-4-6(5-11)3-7(10)9(8)13-2/h3-4H,5H2,1-2H3. The Balaban J connectivity index is 3.20. The van der Waals surface area contributed by atoms with Crippen LogP contribution in [0.2, 0.25) is 0 Å². The first-order chi connectivity index (χ1) is 6.22. The van der Waals surface area contributed by atoms with Crippen LogP contribution in [0.1, 0.15) is 5.56 Å². The lowest BCUT2D eigenvalue weighted by Gasteiger charge is -2.10. The van der Waals surface area contributed by atoms with Crippen LogP contribution in [0.4, 0.5) is 4.39 Å². The van der Waals surface area contributed by atoms with Crippen LogP contribution in [-0.4, -0.2) is 14.2 Å². The largest absolute Gasteiger partial charge is 0.493 e. The quantitative estimate of drug-likeness (QED) is 0.819. The van der Waals surface area contributed by atoms with Gasteiger partial charge in [0.15, 0.2) is 11.5 Å². The Labute approximate surface area is 84.8 Å². The fourth-order valence-corrected chi connectivity index (χ4v) is 1.70. The molecule has 0 atom stereocenters. The van der Waals surface area contributed by atoms with Crippen molar-refractivity contribution in [3.8, 4) is 11.5 Å². The van der Waals surface area contributed by atoms with Gasteiger partial charge in [-0.15, -0.1) is 0 Å². The van der Waals surface area contributed by atoms with E-state index < -0.39 is 6.67 Å². The average molecular weight is 249 g/mol. The van der Waals surface area contributed by atoms with Gasteiger partial charge in [-0.25, -0.2) is 4.39 Å². The van der Waals surface area contributed by atoms with Crippen LogP contribution < -0.4 is 9.47 Å². The zero-order valence-corrected chi connectivity index (χ0v) is 9.02.